The Morgan fingerprint density at radius 2 is 0.979 bits per heavy atom. The number of aromatic carboxylic acids is 2. The summed E-state index contributed by atoms with van der Waals surface area (Å²) in [7, 11) is 0. The van der Waals surface area contributed by atoms with Gasteiger partial charge < -0.3 is 19.8 Å². The Balaban J connectivity index is 1.47. The number of benzene rings is 4. The van der Waals surface area contributed by atoms with E-state index < -0.39 is 51.1 Å². The molecular weight excluding hydrogens is 784 g/mol. The van der Waals surface area contributed by atoms with E-state index in [1.807, 2.05) is 13.8 Å². The Morgan fingerprint density at radius 1 is 0.574 bits per heavy atom. The fourth-order valence-electron chi connectivity index (χ4n) is 4.41. The molecule has 0 aliphatic carbocycles. The third-order valence-electron chi connectivity index (χ3n) is 6.98. The van der Waals surface area contributed by atoms with Gasteiger partial charge in [0.1, 0.15) is 12.4 Å². The molecule has 0 atom stereocenters. The van der Waals surface area contributed by atoms with Crippen LogP contribution in [0.4, 0.5) is 0 Å². The second-order valence-corrected chi connectivity index (χ2v) is 13.2. The van der Waals surface area contributed by atoms with Crippen LogP contribution in [0.1, 0.15) is 61.6 Å². The predicted octanol–water partition coefficient (Wildman–Crippen LogP) is 11.4. The highest BCUT2D eigenvalue weighted by atomic mass is 35.5. The van der Waals surface area contributed by atoms with Gasteiger partial charge in [0, 0.05) is 11.0 Å². The normalized spacial score (nSPS) is 11.4. The van der Waals surface area contributed by atoms with Gasteiger partial charge >= 0.3 is 17.9 Å². The largest absolute Gasteiger partial charge is 0.478 e. The summed E-state index contributed by atoms with van der Waals surface area (Å²) < 4.78 is 5.39. The van der Waals surface area contributed by atoms with Gasteiger partial charge in [-0.25, -0.2) is 14.4 Å². The van der Waals surface area contributed by atoms with E-state index in [2.05, 4.69) is 0 Å². The van der Waals surface area contributed by atoms with Gasteiger partial charge in [-0.1, -0.05) is 131 Å². The van der Waals surface area contributed by atoms with Gasteiger partial charge in [0.05, 0.1) is 56.9 Å². The molecule has 0 aromatic heterocycles. The van der Waals surface area contributed by atoms with E-state index in [1.54, 1.807) is 36.4 Å². The predicted molar refractivity (Wildman–Crippen MR) is 182 cm³/mol. The van der Waals surface area contributed by atoms with Crippen molar-refractivity contribution < 1.29 is 39.1 Å². The van der Waals surface area contributed by atoms with Crippen molar-refractivity contribution in [1.29, 1.82) is 0 Å². The van der Waals surface area contributed by atoms with Crippen LogP contribution in [-0.2, 0) is 16.9 Å². The van der Waals surface area contributed by atoms with Gasteiger partial charge in [0.25, 0.3) is 0 Å². The van der Waals surface area contributed by atoms with E-state index in [9.17, 15) is 24.6 Å². The highest BCUT2D eigenvalue weighted by molar-refractivity contribution is 6.54. The van der Waals surface area contributed by atoms with E-state index >= 15 is 0 Å². The first-order valence-corrected chi connectivity index (χ1v) is 15.9. The number of carbonyl (C=O) groups excluding carboxylic acids is 1. The number of carboxylic acid groups (broad SMARTS) is 2. The number of carboxylic acids is 2. The Hall–Kier alpha value is -2.63. The van der Waals surface area contributed by atoms with Gasteiger partial charge in [-0.15, -0.1) is 0 Å². The molecule has 8 nitrogen and oxygen atoms in total. The average molecular weight is 802 g/mol. The number of esters is 1. The zero-order valence-electron chi connectivity index (χ0n) is 23.7. The first-order chi connectivity index (χ1) is 22.0. The standard InChI is InChI=1S/C31H18Cl8O8/c1-31(2,12-3-7-14(8-4-12)46-30(44)19-18(29(42)43)22(34)26(38)27(39)23(19)35)13-5-9-15(10-6-13)47-45-11-16-17(28(40)41)21(33)25(37)24(36)20(16)32/h3-10H,11H2,1-2H3,(H,40,41)(H,42,43). The van der Waals surface area contributed by atoms with Crippen LogP contribution in [0, 0.1) is 0 Å². The van der Waals surface area contributed by atoms with Crippen molar-refractivity contribution in [2.45, 2.75) is 25.9 Å². The van der Waals surface area contributed by atoms with Crippen molar-refractivity contribution in [2.24, 2.45) is 0 Å². The van der Waals surface area contributed by atoms with Gasteiger partial charge in [-0.2, -0.15) is 4.89 Å². The van der Waals surface area contributed by atoms with Crippen LogP contribution < -0.4 is 9.62 Å². The lowest BCUT2D eigenvalue weighted by atomic mass is 9.78. The molecule has 0 aliphatic rings. The Morgan fingerprint density at radius 3 is 1.45 bits per heavy atom. The van der Waals surface area contributed by atoms with E-state index in [4.69, 9.17) is 107 Å². The van der Waals surface area contributed by atoms with Crippen LogP contribution in [0.5, 0.6) is 11.5 Å². The third kappa shape index (κ3) is 7.52. The zero-order valence-corrected chi connectivity index (χ0v) is 29.7. The lowest BCUT2D eigenvalue weighted by molar-refractivity contribution is -0.217. The maximum atomic E-state index is 13.0. The summed E-state index contributed by atoms with van der Waals surface area (Å²) in [5.74, 6) is -3.62. The van der Waals surface area contributed by atoms with Gasteiger partial charge in [-0.05, 0) is 35.4 Å². The summed E-state index contributed by atoms with van der Waals surface area (Å²) in [6, 6.07) is 13.4. The molecule has 0 fully saturated rings. The number of halogens is 8. The van der Waals surface area contributed by atoms with Crippen LogP contribution >= 0.6 is 92.8 Å². The summed E-state index contributed by atoms with van der Waals surface area (Å²) in [6.07, 6.45) is 0. The average Bonchev–Trinajstić information content (AvgIpc) is 3.03. The van der Waals surface area contributed by atoms with E-state index in [-0.39, 0.29) is 47.0 Å². The summed E-state index contributed by atoms with van der Waals surface area (Å²) in [4.78, 5) is 47.1. The van der Waals surface area contributed by atoms with E-state index in [0.717, 1.165) is 11.1 Å². The minimum Gasteiger partial charge on any atom is -0.478 e. The molecule has 0 radical (unpaired) electrons. The number of hydrogen-bond acceptors (Lipinski definition) is 6. The van der Waals surface area contributed by atoms with Crippen molar-refractivity contribution in [3.8, 4) is 11.5 Å². The zero-order chi connectivity index (χ0) is 35.0. The molecule has 0 unspecified atom stereocenters. The van der Waals surface area contributed by atoms with E-state index in [1.165, 1.54) is 12.1 Å². The fraction of sp³-hybridized carbons (Fsp3) is 0.129. The fourth-order valence-corrected chi connectivity index (χ4v) is 6.45. The monoisotopic (exact) mass is 798 g/mol. The molecule has 0 saturated heterocycles. The molecule has 246 valence electrons. The maximum absolute atomic E-state index is 13.0. The Kier molecular flexibility index (Phi) is 11.8. The second-order valence-electron chi connectivity index (χ2n) is 10.1. The van der Waals surface area contributed by atoms with Gasteiger partial charge in [0.15, 0.2) is 5.75 Å². The molecule has 0 saturated carbocycles. The molecule has 4 aromatic rings. The molecule has 2 N–H and O–H groups in total. The molecule has 47 heavy (non-hydrogen) atoms. The molecular formula is C31H18Cl8O8. The molecule has 4 aromatic carbocycles. The van der Waals surface area contributed by atoms with Crippen molar-refractivity contribution in [3.63, 3.8) is 0 Å². The number of hydrogen-bond donors (Lipinski definition) is 2. The highest BCUT2D eigenvalue weighted by Crippen LogP contribution is 2.43. The summed E-state index contributed by atoms with van der Waals surface area (Å²) >= 11 is 48.5. The van der Waals surface area contributed by atoms with Crippen LogP contribution in [0.2, 0.25) is 40.2 Å². The number of rotatable bonds is 10. The highest BCUT2D eigenvalue weighted by Gasteiger charge is 2.31. The molecule has 0 amide bonds. The minimum atomic E-state index is -1.55. The quantitative estimate of drug-likeness (QED) is 0.0406. The van der Waals surface area contributed by atoms with Crippen LogP contribution in [0.3, 0.4) is 0 Å². The van der Waals surface area contributed by atoms with Gasteiger partial charge in [-0.3, -0.25) is 0 Å². The molecule has 4 rings (SSSR count). The van der Waals surface area contributed by atoms with Crippen molar-refractivity contribution >= 4 is 111 Å². The van der Waals surface area contributed by atoms with Crippen LogP contribution in [0.25, 0.3) is 0 Å². The smallest absolute Gasteiger partial charge is 0.346 e. The van der Waals surface area contributed by atoms with Crippen molar-refractivity contribution in [2.75, 3.05) is 0 Å². The summed E-state index contributed by atoms with van der Waals surface area (Å²) in [5, 5.41) is 17.0. The van der Waals surface area contributed by atoms with Crippen molar-refractivity contribution in [3.05, 3.63) is 122 Å². The Labute approximate surface area is 307 Å². The first kappa shape index (κ1) is 37.2. The van der Waals surface area contributed by atoms with Crippen LogP contribution in [-0.4, -0.2) is 28.1 Å². The van der Waals surface area contributed by atoms with Gasteiger partial charge in [0.2, 0.25) is 0 Å². The van der Waals surface area contributed by atoms with E-state index in [0.29, 0.717) is 5.75 Å². The maximum Gasteiger partial charge on any atom is 0.346 e. The molecule has 0 aliphatic heterocycles. The second kappa shape index (κ2) is 14.9. The summed E-state index contributed by atoms with van der Waals surface area (Å²) in [6.45, 7) is 3.52. The first-order valence-electron chi connectivity index (χ1n) is 12.9. The topological polar surface area (TPSA) is 119 Å². The lowest BCUT2D eigenvalue weighted by Crippen LogP contribution is -2.19. The molecule has 0 spiro atoms. The third-order valence-corrected chi connectivity index (χ3v) is 10.6. The minimum absolute atomic E-state index is 0.0170. The Bertz CT molecular complexity index is 1910. The molecule has 0 bridgehead atoms. The van der Waals surface area contributed by atoms with Crippen molar-refractivity contribution in [1.82, 2.24) is 0 Å². The number of carbonyl (C=O) groups is 3. The lowest BCUT2D eigenvalue weighted by Gasteiger charge is -2.26. The molecule has 16 heteroatoms. The molecule has 0 heterocycles. The van der Waals surface area contributed by atoms with Crippen LogP contribution in [0.15, 0.2) is 48.5 Å². The summed E-state index contributed by atoms with van der Waals surface area (Å²) in [5.41, 5.74) is -0.419. The number of ether oxygens (including phenoxy) is 1. The SMILES string of the molecule is CC(C)(c1ccc(OOCc2c(Cl)c(Cl)c(Cl)c(Cl)c2C(=O)O)cc1)c1ccc(OC(=O)c2c(Cl)c(Cl)c(Cl)c(Cl)c2C(=O)O)cc1.